The van der Waals surface area contributed by atoms with Gasteiger partial charge in [-0.3, -0.25) is 0 Å². The number of rotatable bonds is 4. The van der Waals surface area contributed by atoms with Gasteiger partial charge in [0.2, 0.25) is 0 Å². The molecule has 0 aliphatic carbocycles. The molecule has 2 aromatic carbocycles. The van der Waals surface area contributed by atoms with Crippen molar-refractivity contribution < 1.29 is 112 Å². The van der Waals surface area contributed by atoms with Gasteiger partial charge < -0.3 is 9.59 Å². The third-order valence-electron chi connectivity index (χ3n) is 2.24. The minimum atomic E-state index is -0.215. The van der Waals surface area contributed by atoms with Gasteiger partial charge in [0.05, 0.1) is 0 Å². The van der Waals surface area contributed by atoms with Crippen molar-refractivity contribution in [1.82, 2.24) is 0 Å². The number of benzene rings is 2. The summed E-state index contributed by atoms with van der Waals surface area (Å²) in [4.78, 5) is 20.3. The van der Waals surface area contributed by atoms with Crippen molar-refractivity contribution in [3.8, 4) is 0 Å². The van der Waals surface area contributed by atoms with Crippen LogP contribution >= 0.6 is 0 Å². The van der Waals surface area contributed by atoms with E-state index in [0.29, 0.717) is 12.1 Å². The van der Waals surface area contributed by atoms with E-state index in [2.05, 4.69) is 0 Å². The monoisotopic (exact) mass is 348 g/mol. The molecule has 0 spiro atoms. The Hall–Kier alpha value is 2.07. The van der Waals surface area contributed by atoms with Gasteiger partial charge in [-0.1, -0.05) is 103 Å². The molecule has 2 nitrogen and oxygen atoms in total. The smallest absolute Gasteiger partial charge is 0.863 e. The number of hydrogen-bond acceptors (Lipinski definition) is 2. The average Bonchev–Trinajstić information content (AvgIpc) is 2.43. The maximum absolute atomic E-state index is 10.1. The normalized spacial score (nSPS) is 8.50. The molecule has 2 rings (SSSR count). The predicted molar refractivity (Wildman–Crippen MR) is 71.8 cm³/mol. The van der Waals surface area contributed by atoms with Crippen LogP contribution < -0.4 is 112 Å². The van der Waals surface area contributed by atoms with Gasteiger partial charge in [0.1, 0.15) is 0 Å². The molecule has 92 valence electrons. The van der Waals surface area contributed by atoms with Crippen LogP contribution in [0.5, 0.6) is 0 Å². The van der Waals surface area contributed by atoms with Crippen LogP contribution in [0.2, 0.25) is 0 Å². The Morgan fingerprint density at radius 3 is 1.15 bits per heavy atom. The molecule has 0 saturated heterocycles. The fourth-order valence-corrected chi connectivity index (χ4v) is 2.16. The van der Waals surface area contributed by atoms with Gasteiger partial charge in [-0.15, -0.1) is 0 Å². The molecular formula is C14H14K2O2Si2. The van der Waals surface area contributed by atoms with Gasteiger partial charge in [-0.25, -0.2) is 0 Å². The van der Waals surface area contributed by atoms with E-state index < -0.39 is 0 Å². The van der Waals surface area contributed by atoms with E-state index >= 15 is 0 Å². The van der Waals surface area contributed by atoms with Crippen LogP contribution in [-0.4, -0.2) is 19.5 Å². The van der Waals surface area contributed by atoms with E-state index in [9.17, 15) is 9.59 Å². The van der Waals surface area contributed by atoms with Crippen molar-refractivity contribution in [2.75, 3.05) is 0 Å². The van der Waals surface area contributed by atoms with Crippen LogP contribution in [0.1, 0.15) is 11.1 Å². The third kappa shape index (κ3) is 12.6. The molecule has 6 heteroatoms. The van der Waals surface area contributed by atoms with E-state index in [-0.39, 0.29) is 122 Å². The molecule has 0 heterocycles. The first-order valence-corrected chi connectivity index (χ1v) is 7.87. The number of hydrogen-bond donors (Lipinski definition) is 0. The second-order valence-electron chi connectivity index (χ2n) is 3.61. The van der Waals surface area contributed by atoms with Gasteiger partial charge in [-0.2, -0.15) is 0 Å². The summed E-state index contributed by atoms with van der Waals surface area (Å²) in [6.07, 6.45) is 0. The first-order chi connectivity index (χ1) is 8.86. The fourth-order valence-electron chi connectivity index (χ4n) is 1.36. The predicted octanol–water partition coefficient (Wildman–Crippen LogP) is -5.66. The Morgan fingerprint density at radius 2 is 0.900 bits per heavy atom. The summed E-state index contributed by atoms with van der Waals surface area (Å²) in [5, 5.41) is 0. The minimum absolute atomic E-state index is 0. The van der Waals surface area contributed by atoms with E-state index in [1.165, 1.54) is 0 Å². The molecule has 2 aromatic rings. The van der Waals surface area contributed by atoms with Crippen LogP contribution in [0, 0.1) is 0 Å². The molecule has 0 N–H and O–H groups in total. The summed E-state index contributed by atoms with van der Waals surface area (Å²) in [6.45, 7) is 0. The first-order valence-electron chi connectivity index (χ1n) is 5.64. The Morgan fingerprint density at radius 1 is 0.600 bits per heavy atom. The van der Waals surface area contributed by atoms with Crippen molar-refractivity contribution in [3.05, 3.63) is 71.8 Å². The molecule has 0 aliphatic rings. The second-order valence-corrected chi connectivity index (χ2v) is 4.90. The van der Waals surface area contributed by atoms with Crippen molar-refractivity contribution in [2.45, 2.75) is 12.1 Å². The molecule has 0 unspecified atom stereocenters. The van der Waals surface area contributed by atoms with Gasteiger partial charge in [0, 0.05) is 0 Å². The molecular weight excluding hydrogens is 335 g/mol. The largest absolute Gasteiger partial charge is 1.00 e. The summed E-state index contributed by atoms with van der Waals surface area (Å²) in [5.41, 5.74) is 2.29. The molecule has 0 amide bonds. The van der Waals surface area contributed by atoms with Gasteiger partial charge in [0.25, 0.3) is 0 Å². The van der Waals surface area contributed by atoms with Crippen LogP contribution in [0.15, 0.2) is 60.7 Å². The molecule has 0 aromatic heterocycles. The van der Waals surface area contributed by atoms with Crippen molar-refractivity contribution in [1.29, 1.82) is 0 Å². The van der Waals surface area contributed by atoms with E-state index in [4.69, 9.17) is 0 Å². The molecule has 4 radical (unpaired) electrons. The molecule has 0 bridgehead atoms. The topological polar surface area (TPSA) is 46.1 Å². The zero-order valence-corrected chi connectivity index (χ0v) is 20.3. The Bertz CT molecular complexity index is 375. The van der Waals surface area contributed by atoms with Gasteiger partial charge in [0.15, 0.2) is 0 Å². The van der Waals surface area contributed by atoms with Crippen LogP contribution in [0.25, 0.3) is 0 Å². The van der Waals surface area contributed by atoms with Crippen molar-refractivity contribution in [2.24, 2.45) is 0 Å². The third-order valence-corrected chi connectivity index (χ3v) is 3.34. The molecule has 0 aliphatic heterocycles. The van der Waals surface area contributed by atoms with Gasteiger partial charge in [-0.05, 0) is 0 Å². The maximum Gasteiger partial charge on any atom is 1.00 e. The van der Waals surface area contributed by atoms with Crippen LogP contribution in [0.3, 0.4) is 0 Å². The van der Waals surface area contributed by atoms with Crippen LogP contribution in [-0.2, 0) is 12.1 Å². The minimum Gasteiger partial charge on any atom is -0.863 e. The fraction of sp³-hybridized carbons (Fsp3) is 0.143. The molecule has 0 fully saturated rings. The Labute approximate surface area is 211 Å². The second kappa shape index (κ2) is 17.4. The SMILES string of the molecule is [K+].[K+].[O-][Si]Cc1ccccc1.[O-][Si]Cc1ccccc1. The standard InChI is InChI=1S/2C7H7OSi.2K/c2*8-9-6-7-4-2-1-3-5-7;;/h2*1-5H,6H2;;/q2*-1;2*+1. The Balaban J connectivity index is 0. The maximum atomic E-state index is 10.1. The first kappa shape index (κ1) is 24.3. The zero-order chi connectivity index (χ0) is 13.1. The summed E-state index contributed by atoms with van der Waals surface area (Å²) in [7, 11) is -0.430. The van der Waals surface area contributed by atoms with Crippen molar-refractivity contribution >= 4 is 19.5 Å². The van der Waals surface area contributed by atoms with E-state index in [1.807, 2.05) is 60.7 Å². The quantitative estimate of drug-likeness (QED) is 0.517. The van der Waals surface area contributed by atoms with E-state index in [0.717, 1.165) is 11.1 Å². The zero-order valence-electron chi connectivity index (χ0n) is 12.0. The summed E-state index contributed by atoms with van der Waals surface area (Å²) >= 11 is 0. The Kier molecular flexibility index (Phi) is 21.2. The summed E-state index contributed by atoms with van der Waals surface area (Å²) in [5.74, 6) is 0. The molecule has 0 atom stereocenters. The van der Waals surface area contributed by atoms with E-state index in [1.54, 1.807) is 0 Å². The average molecular weight is 349 g/mol. The molecule has 20 heavy (non-hydrogen) atoms. The van der Waals surface area contributed by atoms with Crippen molar-refractivity contribution in [3.63, 3.8) is 0 Å². The summed E-state index contributed by atoms with van der Waals surface area (Å²) in [6, 6.07) is 21.0. The van der Waals surface area contributed by atoms with Gasteiger partial charge >= 0.3 is 103 Å². The van der Waals surface area contributed by atoms with Crippen LogP contribution in [0.4, 0.5) is 0 Å². The molecule has 0 saturated carbocycles. The summed E-state index contributed by atoms with van der Waals surface area (Å²) < 4.78 is 0.